The topological polar surface area (TPSA) is 51.9 Å². The Morgan fingerprint density at radius 1 is 0.964 bits per heavy atom. The van der Waals surface area contributed by atoms with Gasteiger partial charge in [-0.2, -0.15) is 0 Å². The SMILES string of the molecule is COc1ccc(/C=C/c2cc(OC)cc3oc(C(=O)N4CCCC4)cc23)cc1. The van der Waals surface area contributed by atoms with Gasteiger partial charge in [-0.05, 0) is 48.2 Å². The molecule has 2 aromatic carbocycles. The van der Waals surface area contributed by atoms with Crippen molar-refractivity contribution < 1.29 is 18.7 Å². The lowest BCUT2D eigenvalue weighted by Crippen LogP contribution is -2.27. The second kappa shape index (κ2) is 7.80. The van der Waals surface area contributed by atoms with Gasteiger partial charge in [-0.15, -0.1) is 0 Å². The molecule has 5 nitrogen and oxygen atoms in total. The summed E-state index contributed by atoms with van der Waals surface area (Å²) in [6, 6.07) is 13.4. The Kier molecular flexibility index (Phi) is 5.06. The molecule has 0 radical (unpaired) electrons. The van der Waals surface area contributed by atoms with Gasteiger partial charge in [0, 0.05) is 24.5 Å². The summed E-state index contributed by atoms with van der Waals surface area (Å²) in [6.45, 7) is 1.59. The zero-order valence-corrected chi connectivity index (χ0v) is 16.1. The summed E-state index contributed by atoms with van der Waals surface area (Å²) in [7, 11) is 3.27. The lowest BCUT2D eigenvalue weighted by atomic mass is 10.1. The zero-order chi connectivity index (χ0) is 19.5. The highest BCUT2D eigenvalue weighted by Crippen LogP contribution is 2.31. The van der Waals surface area contributed by atoms with Gasteiger partial charge in [0.25, 0.3) is 5.91 Å². The summed E-state index contributed by atoms with van der Waals surface area (Å²) in [5.41, 5.74) is 2.64. The van der Waals surface area contributed by atoms with Crippen LogP contribution < -0.4 is 9.47 Å². The van der Waals surface area contributed by atoms with Crippen LogP contribution in [0.1, 0.15) is 34.5 Å². The summed E-state index contributed by atoms with van der Waals surface area (Å²) in [6.07, 6.45) is 6.13. The number of likely N-dealkylation sites (tertiary alicyclic amines) is 1. The number of methoxy groups -OCH3 is 2. The van der Waals surface area contributed by atoms with Gasteiger partial charge in [0.2, 0.25) is 0 Å². The Hall–Kier alpha value is -3.21. The number of amides is 1. The van der Waals surface area contributed by atoms with E-state index in [4.69, 9.17) is 13.9 Å². The molecule has 0 spiro atoms. The first-order valence-electron chi connectivity index (χ1n) is 9.41. The molecule has 0 aliphatic carbocycles. The minimum atomic E-state index is -0.0437. The van der Waals surface area contributed by atoms with Crippen molar-refractivity contribution in [2.24, 2.45) is 0 Å². The van der Waals surface area contributed by atoms with Gasteiger partial charge in [-0.3, -0.25) is 4.79 Å². The summed E-state index contributed by atoms with van der Waals surface area (Å²) in [5.74, 6) is 1.85. The molecular weight excluding hydrogens is 354 g/mol. The van der Waals surface area contributed by atoms with E-state index in [9.17, 15) is 4.79 Å². The largest absolute Gasteiger partial charge is 0.497 e. The number of hydrogen-bond acceptors (Lipinski definition) is 4. The predicted octanol–water partition coefficient (Wildman–Crippen LogP) is 4.86. The van der Waals surface area contributed by atoms with Crippen molar-refractivity contribution in [1.82, 2.24) is 4.90 Å². The Morgan fingerprint density at radius 2 is 1.68 bits per heavy atom. The molecule has 28 heavy (non-hydrogen) atoms. The second-order valence-electron chi connectivity index (χ2n) is 6.84. The molecule has 1 fully saturated rings. The first kappa shape index (κ1) is 18.2. The molecule has 144 valence electrons. The lowest BCUT2D eigenvalue weighted by Gasteiger charge is -2.12. The van der Waals surface area contributed by atoms with E-state index in [-0.39, 0.29) is 5.91 Å². The van der Waals surface area contributed by atoms with Crippen molar-refractivity contribution in [2.45, 2.75) is 12.8 Å². The van der Waals surface area contributed by atoms with Crippen LogP contribution in [0.3, 0.4) is 0 Å². The van der Waals surface area contributed by atoms with E-state index in [1.54, 1.807) is 14.2 Å². The van der Waals surface area contributed by atoms with E-state index in [1.165, 1.54) is 0 Å². The molecule has 1 amide bonds. The lowest BCUT2D eigenvalue weighted by molar-refractivity contribution is 0.0763. The molecule has 1 aliphatic rings. The highest BCUT2D eigenvalue weighted by Gasteiger charge is 2.23. The molecule has 2 heterocycles. The normalized spacial score (nSPS) is 14.1. The number of hydrogen-bond donors (Lipinski definition) is 0. The number of benzene rings is 2. The van der Waals surface area contributed by atoms with E-state index in [0.717, 1.165) is 48.2 Å². The minimum Gasteiger partial charge on any atom is -0.497 e. The van der Waals surface area contributed by atoms with Gasteiger partial charge in [0.1, 0.15) is 17.1 Å². The van der Waals surface area contributed by atoms with Crippen molar-refractivity contribution in [3.63, 3.8) is 0 Å². The smallest absolute Gasteiger partial charge is 0.289 e. The van der Waals surface area contributed by atoms with Crippen LogP contribution in [0, 0.1) is 0 Å². The number of ether oxygens (including phenoxy) is 2. The van der Waals surface area contributed by atoms with Gasteiger partial charge in [0.15, 0.2) is 5.76 Å². The standard InChI is InChI=1S/C23H23NO4/c1-26-18-9-6-16(7-10-18)5-8-17-13-19(27-2)14-21-20(17)15-22(28-21)23(25)24-11-3-4-12-24/h5-10,13-15H,3-4,11-12H2,1-2H3/b8-5+. The molecule has 3 aromatic rings. The summed E-state index contributed by atoms with van der Waals surface area (Å²) < 4.78 is 16.5. The number of carbonyl (C=O) groups excluding carboxylic acids is 1. The quantitative estimate of drug-likeness (QED) is 0.596. The van der Waals surface area contributed by atoms with Crippen LogP contribution in [0.25, 0.3) is 23.1 Å². The Bertz CT molecular complexity index is 1010. The maximum absolute atomic E-state index is 12.7. The molecule has 0 unspecified atom stereocenters. The molecule has 0 atom stereocenters. The van der Waals surface area contributed by atoms with E-state index in [2.05, 4.69) is 0 Å². The second-order valence-corrected chi connectivity index (χ2v) is 6.84. The van der Waals surface area contributed by atoms with E-state index in [0.29, 0.717) is 17.1 Å². The fraction of sp³-hybridized carbons (Fsp3) is 0.261. The van der Waals surface area contributed by atoms with Gasteiger partial charge < -0.3 is 18.8 Å². The van der Waals surface area contributed by atoms with E-state index < -0.39 is 0 Å². The van der Waals surface area contributed by atoms with Gasteiger partial charge in [-0.1, -0.05) is 24.3 Å². The van der Waals surface area contributed by atoms with Gasteiger partial charge >= 0.3 is 0 Å². The van der Waals surface area contributed by atoms with Crippen LogP contribution in [0.15, 0.2) is 46.9 Å². The number of rotatable bonds is 5. The number of fused-ring (bicyclic) bond motifs is 1. The maximum atomic E-state index is 12.7. The fourth-order valence-electron chi connectivity index (χ4n) is 3.48. The van der Waals surface area contributed by atoms with E-state index >= 15 is 0 Å². The number of nitrogens with zero attached hydrogens (tertiary/aromatic N) is 1. The van der Waals surface area contributed by atoms with E-state index in [1.807, 2.05) is 59.5 Å². The zero-order valence-electron chi connectivity index (χ0n) is 16.1. The Labute approximate surface area is 164 Å². The maximum Gasteiger partial charge on any atom is 0.289 e. The van der Waals surface area contributed by atoms with Gasteiger partial charge in [0.05, 0.1) is 14.2 Å². The molecule has 1 aliphatic heterocycles. The van der Waals surface area contributed by atoms with Crippen LogP contribution in [0.2, 0.25) is 0 Å². The Morgan fingerprint density at radius 3 is 2.36 bits per heavy atom. The first-order valence-corrected chi connectivity index (χ1v) is 9.41. The Balaban J connectivity index is 1.69. The molecule has 4 rings (SSSR count). The minimum absolute atomic E-state index is 0.0437. The molecule has 5 heteroatoms. The summed E-state index contributed by atoms with van der Waals surface area (Å²) >= 11 is 0. The highest BCUT2D eigenvalue weighted by molar-refractivity contribution is 5.99. The van der Waals surface area contributed by atoms with Crippen molar-refractivity contribution in [3.05, 3.63) is 59.4 Å². The highest BCUT2D eigenvalue weighted by atomic mass is 16.5. The monoisotopic (exact) mass is 377 g/mol. The van der Waals surface area contributed by atoms with Gasteiger partial charge in [-0.25, -0.2) is 0 Å². The van der Waals surface area contributed by atoms with Crippen LogP contribution in [0.4, 0.5) is 0 Å². The fourth-order valence-corrected chi connectivity index (χ4v) is 3.48. The summed E-state index contributed by atoms with van der Waals surface area (Å²) in [4.78, 5) is 14.5. The molecule has 0 saturated carbocycles. The average molecular weight is 377 g/mol. The summed E-state index contributed by atoms with van der Waals surface area (Å²) in [5, 5.41) is 0.896. The van der Waals surface area contributed by atoms with Crippen molar-refractivity contribution in [3.8, 4) is 11.5 Å². The predicted molar refractivity (Wildman–Crippen MR) is 110 cm³/mol. The third-order valence-corrected chi connectivity index (χ3v) is 5.05. The van der Waals surface area contributed by atoms with Crippen LogP contribution in [-0.4, -0.2) is 38.1 Å². The van der Waals surface area contributed by atoms with Crippen LogP contribution in [0.5, 0.6) is 11.5 Å². The third kappa shape index (κ3) is 3.60. The van der Waals surface area contributed by atoms with Crippen molar-refractivity contribution in [1.29, 1.82) is 0 Å². The molecule has 1 aromatic heterocycles. The van der Waals surface area contributed by atoms with Crippen molar-refractivity contribution in [2.75, 3.05) is 27.3 Å². The average Bonchev–Trinajstić information content (AvgIpc) is 3.41. The molecule has 0 bridgehead atoms. The van der Waals surface area contributed by atoms with Crippen LogP contribution >= 0.6 is 0 Å². The number of carbonyl (C=O) groups is 1. The molecule has 0 N–H and O–H groups in total. The molecular formula is C23H23NO4. The van der Waals surface area contributed by atoms with Crippen LogP contribution in [-0.2, 0) is 0 Å². The first-order chi connectivity index (χ1) is 13.7. The molecule has 1 saturated heterocycles. The third-order valence-electron chi connectivity index (χ3n) is 5.05. The number of furan rings is 1. The van der Waals surface area contributed by atoms with Crippen molar-refractivity contribution >= 4 is 29.0 Å².